The summed E-state index contributed by atoms with van der Waals surface area (Å²) in [5.74, 6) is -2.19. The lowest BCUT2D eigenvalue weighted by Crippen LogP contribution is -2.20. The first-order valence-electron chi connectivity index (χ1n) is 8.76. The predicted molar refractivity (Wildman–Crippen MR) is 111 cm³/mol. The second kappa shape index (κ2) is 9.16. The number of nitrogens with two attached hydrogens (primary N) is 1. The molecule has 172 valence electrons. The van der Waals surface area contributed by atoms with Gasteiger partial charge in [0.25, 0.3) is 0 Å². The number of aromatic nitrogens is 1. The number of nitro groups is 1. The third kappa shape index (κ3) is 5.57. The van der Waals surface area contributed by atoms with Gasteiger partial charge in [0.1, 0.15) is 0 Å². The van der Waals surface area contributed by atoms with Crippen molar-refractivity contribution in [1.29, 1.82) is 0 Å². The summed E-state index contributed by atoms with van der Waals surface area (Å²) in [7, 11) is 0. The van der Waals surface area contributed by atoms with Gasteiger partial charge in [-0.2, -0.15) is 13.2 Å². The molecular weight excluding hydrogens is 474 g/mol. The van der Waals surface area contributed by atoms with Gasteiger partial charge in [-0.1, -0.05) is 11.6 Å². The summed E-state index contributed by atoms with van der Waals surface area (Å²) >= 11 is 5.52. The van der Waals surface area contributed by atoms with Crippen LogP contribution in [0.15, 0.2) is 48.7 Å². The number of anilines is 3. The van der Waals surface area contributed by atoms with Crippen molar-refractivity contribution in [2.75, 3.05) is 16.4 Å². The standard InChI is InChI=1S/C19H12ClF4N5O4/c20-12-3-1-9(7-11(12)19(22,23)24)27-18(30)28-10-2-4-14(13(21)8-10)33-15-5-6-26-17(25)16(15)29(31)32/h1-8H,(H2,25,26)(H2,27,28,30). The first-order valence-corrected chi connectivity index (χ1v) is 9.14. The Morgan fingerprint density at radius 2 is 1.73 bits per heavy atom. The molecule has 2 amide bonds. The summed E-state index contributed by atoms with van der Waals surface area (Å²) < 4.78 is 58.4. The van der Waals surface area contributed by atoms with E-state index in [1.807, 2.05) is 0 Å². The quantitative estimate of drug-likeness (QED) is 0.237. The van der Waals surface area contributed by atoms with Crippen molar-refractivity contribution in [3.05, 3.63) is 75.2 Å². The molecule has 2 aromatic carbocycles. The van der Waals surface area contributed by atoms with Crippen molar-refractivity contribution < 1.29 is 32.0 Å². The van der Waals surface area contributed by atoms with E-state index in [0.29, 0.717) is 6.07 Å². The van der Waals surface area contributed by atoms with E-state index in [9.17, 15) is 32.5 Å². The average Bonchev–Trinajstić information content (AvgIpc) is 2.70. The molecule has 0 saturated carbocycles. The molecule has 0 saturated heterocycles. The Balaban J connectivity index is 1.73. The Hall–Kier alpha value is -4.13. The molecule has 0 aliphatic heterocycles. The normalized spacial score (nSPS) is 11.1. The average molecular weight is 486 g/mol. The highest BCUT2D eigenvalue weighted by atomic mass is 35.5. The largest absolute Gasteiger partial charge is 0.447 e. The maximum absolute atomic E-state index is 14.4. The van der Waals surface area contributed by atoms with Crippen LogP contribution in [-0.2, 0) is 6.18 Å². The van der Waals surface area contributed by atoms with E-state index < -0.39 is 50.8 Å². The van der Waals surface area contributed by atoms with Gasteiger partial charge < -0.3 is 21.1 Å². The molecule has 14 heteroatoms. The van der Waals surface area contributed by atoms with E-state index >= 15 is 0 Å². The Kier molecular flexibility index (Phi) is 6.53. The number of amides is 2. The topological polar surface area (TPSA) is 132 Å². The van der Waals surface area contributed by atoms with Crippen molar-refractivity contribution in [1.82, 2.24) is 4.98 Å². The molecule has 4 N–H and O–H groups in total. The molecule has 3 rings (SSSR count). The van der Waals surface area contributed by atoms with Gasteiger partial charge in [0, 0.05) is 29.7 Å². The highest BCUT2D eigenvalue weighted by molar-refractivity contribution is 6.31. The molecule has 0 radical (unpaired) electrons. The number of carbonyl (C=O) groups excluding carboxylic acids is 1. The lowest BCUT2D eigenvalue weighted by Gasteiger charge is -2.13. The lowest BCUT2D eigenvalue weighted by molar-refractivity contribution is -0.384. The summed E-state index contributed by atoms with van der Waals surface area (Å²) in [6.45, 7) is 0. The van der Waals surface area contributed by atoms with Crippen molar-refractivity contribution in [3.63, 3.8) is 0 Å². The van der Waals surface area contributed by atoms with E-state index in [0.717, 1.165) is 36.5 Å². The SMILES string of the molecule is Nc1nccc(Oc2ccc(NC(=O)Nc3ccc(Cl)c(C(F)(F)F)c3)cc2F)c1[N+](=O)[O-]. The molecule has 3 aromatic rings. The van der Waals surface area contributed by atoms with Gasteiger partial charge in [-0.05, 0) is 30.3 Å². The third-order valence-corrected chi connectivity index (χ3v) is 4.37. The minimum Gasteiger partial charge on any atom is -0.447 e. The number of urea groups is 1. The summed E-state index contributed by atoms with van der Waals surface area (Å²) in [6.07, 6.45) is -3.59. The second-order valence-electron chi connectivity index (χ2n) is 6.32. The predicted octanol–water partition coefficient (Wildman–Crippen LogP) is 5.82. The molecule has 0 aliphatic rings. The highest BCUT2D eigenvalue weighted by Gasteiger charge is 2.33. The molecule has 9 nitrogen and oxygen atoms in total. The molecule has 33 heavy (non-hydrogen) atoms. The Morgan fingerprint density at radius 3 is 2.33 bits per heavy atom. The minimum absolute atomic E-state index is 0.0777. The van der Waals surface area contributed by atoms with Crippen LogP contribution in [0.1, 0.15) is 5.56 Å². The van der Waals surface area contributed by atoms with Gasteiger partial charge in [0.15, 0.2) is 11.6 Å². The monoisotopic (exact) mass is 485 g/mol. The lowest BCUT2D eigenvalue weighted by atomic mass is 10.2. The first kappa shape index (κ1) is 23.5. The van der Waals surface area contributed by atoms with E-state index in [1.165, 1.54) is 6.07 Å². The minimum atomic E-state index is -4.72. The molecule has 0 bridgehead atoms. The highest BCUT2D eigenvalue weighted by Crippen LogP contribution is 2.37. The van der Waals surface area contributed by atoms with Crippen LogP contribution in [0.3, 0.4) is 0 Å². The number of halogens is 5. The zero-order valence-electron chi connectivity index (χ0n) is 16.1. The number of hydrogen-bond donors (Lipinski definition) is 3. The van der Waals surface area contributed by atoms with Crippen molar-refractivity contribution in [2.24, 2.45) is 0 Å². The van der Waals surface area contributed by atoms with Gasteiger partial charge >= 0.3 is 17.9 Å². The Morgan fingerprint density at radius 1 is 1.09 bits per heavy atom. The van der Waals surface area contributed by atoms with Gasteiger partial charge in [0.05, 0.1) is 15.5 Å². The molecule has 1 aromatic heterocycles. The molecule has 0 unspecified atom stereocenters. The number of nitrogens with one attached hydrogen (secondary N) is 2. The molecule has 0 atom stereocenters. The number of carbonyl (C=O) groups is 1. The van der Waals surface area contributed by atoms with Gasteiger partial charge in [-0.25, -0.2) is 14.2 Å². The van der Waals surface area contributed by atoms with Crippen LogP contribution in [0.4, 0.5) is 45.2 Å². The van der Waals surface area contributed by atoms with Crippen LogP contribution in [0.5, 0.6) is 11.5 Å². The Labute approximate surface area is 187 Å². The fraction of sp³-hybridized carbons (Fsp3) is 0.0526. The number of rotatable bonds is 5. The number of alkyl halides is 3. The number of hydrogen-bond acceptors (Lipinski definition) is 6. The van der Waals surface area contributed by atoms with Gasteiger partial charge in [-0.15, -0.1) is 0 Å². The van der Waals surface area contributed by atoms with Gasteiger partial charge in [-0.3, -0.25) is 10.1 Å². The molecule has 1 heterocycles. The van der Waals surface area contributed by atoms with Crippen LogP contribution in [-0.4, -0.2) is 15.9 Å². The zero-order valence-corrected chi connectivity index (χ0v) is 16.9. The smallest absolute Gasteiger partial charge is 0.417 e. The number of nitrogens with zero attached hydrogens (tertiary/aromatic N) is 2. The molecule has 0 aliphatic carbocycles. The number of nitrogen functional groups attached to an aromatic ring is 1. The Bertz CT molecular complexity index is 1240. The fourth-order valence-corrected chi connectivity index (χ4v) is 2.84. The van der Waals surface area contributed by atoms with Gasteiger partial charge in [0.2, 0.25) is 11.6 Å². The summed E-state index contributed by atoms with van der Waals surface area (Å²) in [5, 5.41) is 15.0. The molecule has 0 spiro atoms. The van der Waals surface area contributed by atoms with E-state index in [2.05, 4.69) is 15.6 Å². The summed E-state index contributed by atoms with van der Waals surface area (Å²) in [6, 6.07) is 6.05. The van der Waals surface area contributed by atoms with Crippen molar-refractivity contribution >= 4 is 40.5 Å². The van der Waals surface area contributed by atoms with Crippen LogP contribution in [0.2, 0.25) is 5.02 Å². The van der Waals surface area contributed by atoms with Crippen molar-refractivity contribution in [3.8, 4) is 11.5 Å². The molecule has 0 fully saturated rings. The van der Waals surface area contributed by atoms with Crippen LogP contribution in [0, 0.1) is 15.9 Å². The molecular formula is C19H12ClF4N5O4. The fourth-order valence-electron chi connectivity index (χ4n) is 2.61. The van der Waals surface area contributed by atoms with E-state index in [1.54, 1.807) is 0 Å². The second-order valence-corrected chi connectivity index (χ2v) is 6.73. The first-order chi connectivity index (χ1) is 15.5. The van der Waals surface area contributed by atoms with E-state index in [4.69, 9.17) is 22.1 Å². The van der Waals surface area contributed by atoms with Crippen LogP contribution in [0.25, 0.3) is 0 Å². The number of benzene rings is 2. The maximum Gasteiger partial charge on any atom is 0.417 e. The van der Waals surface area contributed by atoms with E-state index in [-0.39, 0.29) is 17.1 Å². The summed E-state index contributed by atoms with van der Waals surface area (Å²) in [4.78, 5) is 25.9. The van der Waals surface area contributed by atoms with Crippen LogP contribution < -0.4 is 21.1 Å². The van der Waals surface area contributed by atoms with Crippen molar-refractivity contribution in [2.45, 2.75) is 6.18 Å². The van der Waals surface area contributed by atoms with Crippen LogP contribution >= 0.6 is 11.6 Å². The number of ether oxygens (including phenoxy) is 1. The third-order valence-electron chi connectivity index (χ3n) is 4.04. The summed E-state index contributed by atoms with van der Waals surface area (Å²) in [5.41, 5.74) is 3.38. The maximum atomic E-state index is 14.4. The zero-order chi connectivity index (χ0) is 24.3. The number of pyridine rings is 1.